The standard InChI is InChI=1S/C46H54N8O8/c1-7-29-25(3)33-21-34-27(5)31(9-11-41(55)47-17-19-49-43(57)13-15-45(59)60)39(53-34)24-40-32(10-12-42(56)48-18-20-50-44(58)14-16-46(61)62)28(6)36(54-40)23-38-30(8-2)26(4)35(52-38)22-37(29)51-33/h7-8,21-24,51-52H,1-2,9-20H2,3-6H3,(H,47,55)(H,48,56)(H,49,57)(H,50,58)(H,59,60)(H,61,62). The van der Waals surface area contributed by atoms with Gasteiger partial charge in [-0.1, -0.05) is 25.3 Å². The van der Waals surface area contributed by atoms with E-state index < -0.39 is 23.8 Å². The number of nitrogens with zero attached hydrogens (tertiary/aromatic N) is 2. The van der Waals surface area contributed by atoms with Crippen LogP contribution in [0.5, 0.6) is 0 Å². The molecule has 16 heteroatoms. The number of rotatable bonds is 20. The zero-order valence-electron chi connectivity index (χ0n) is 35.6. The van der Waals surface area contributed by atoms with Gasteiger partial charge < -0.3 is 41.4 Å². The summed E-state index contributed by atoms with van der Waals surface area (Å²) in [4.78, 5) is 88.8. The summed E-state index contributed by atoms with van der Waals surface area (Å²) in [6, 6.07) is 7.90. The number of carboxylic acids is 2. The number of amides is 4. The molecule has 4 amide bonds. The van der Waals surface area contributed by atoms with Crippen LogP contribution < -0.4 is 21.3 Å². The summed E-state index contributed by atoms with van der Waals surface area (Å²) >= 11 is 0. The van der Waals surface area contributed by atoms with Crippen LogP contribution in [-0.4, -0.2) is 91.9 Å². The Hall–Kier alpha value is -7.10. The number of aromatic nitrogens is 4. The summed E-state index contributed by atoms with van der Waals surface area (Å²) in [6.45, 7) is 16.8. The van der Waals surface area contributed by atoms with Gasteiger partial charge in [-0.25, -0.2) is 9.97 Å². The number of carbonyl (C=O) groups excluding carboxylic acids is 4. The highest BCUT2D eigenvalue weighted by molar-refractivity contribution is 5.97. The lowest BCUT2D eigenvalue weighted by Crippen LogP contribution is -2.34. The quantitative estimate of drug-likeness (QED) is 0.0632. The van der Waals surface area contributed by atoms with Gasteiger partial charge in [-0.15, -0.1) is 0 Å². The molecule has 16 nitrogen and oxygen atoms in total. The zero-order chi connectivity index (χ0) is 45.1. The summed E-state index contributed by atoms with van der Waals surface area (Å²) in [5, 5.41) is 28.5. The Morgan fingerprint density at radius 3 is 1.26 bits per heavy atom. The van der Waals surface area contributed by atoms with Crippen LogP contribution in [0.25, 0.3) is 56.5 Å². The van der Waals surface area contributed by atoms with Gasteiger partial charge in [0.05, 0.1) is 35.6 Å². The maximum absolute atomic E-state index is 13.1. The lowest BCUT2D eigenvalue weighted by atomic mass is 9.98. The van der Waals surface area contributed by atoms with E-state index >= 15 is 0 Å². The van der Waals surface area contributed by atoms with Crippen LogP contribution in [0.3, 0.4) is 0 Å². The third-order valence-corrected chi connectivity index (χ3v) is 10.9. The minimum absolute atomic E-state index is 0.123. The Labute approximate surface area is 359 Å². The van der Waals surface area contributed by atoms with E-state index in [2.05, 4.69) is 44.4 Å². The number of allylic oxidation sites excluding steroid dienone is 4. The van der Waals surface area contributed by atoms with Gasteiger partial charge in [0.1, 0.15) is 0 Å². The summed E-state index contributed by atoms with van der Waals surface area (Å²) in [6.07, 6.45) is 3.72. The van der Waals surface area contributed by atoms with Crippen molar-refractivity contribution in [2.45, 2.75) is 79.1 Å². The van der Waals surface area contributed by atoms with E-state index in [4.69, 9.17) is 20.2 Å². The first-order valence-electron chi connectivity index (χ1n) is 20.5. The molecule has 8 bridgehead atoms. The SMILES string of the molecule is C=Cc1c(C)c2cc3[nH]c(cc4nc(cc5nc(cc1[nH]2)C(C)=C5CCC(=O)NCCNC(=O)CCC(=O)O)C(CCC(=O)NCCNC(=O)CCC(=O)O)=C4C)c(C)c3C=C. The van der Waals surface area contributed by atoms with Crippen molar-refractivity contribution < 1.29 is 39.0 Å². The molecular weight excluding hydrogens is 793 g/mol. The van der Waals surface area contributed by atoms with Gasteiger partial charge in [0.25, 0.3) is 0 Å². The second-order valence-electron chi connectivity index (χ2n) is 15.1. The molecule has 8 N–H and O–H groups in total. The number of H-pyrrole nitrogens is 2. The first-order valence-corrected chi connectivity index (χ1v) is 20.5. The van der Waals surface area contributed by atoms with Crippen molar-refractivity contribution in [3.8, 4) is 0 Å². The molecule has 5 heterocycles. The Morgan fingerprint density at radius 1 is 0.516 bits per heavy atom. The monoisotopic (exact) mass is 846 g/mol. The number of aliphatic carboxylic acids is 2. The number of hydrogen-bond donors (Lipinski definition) is 8. The second-order valence-corrected chi connectivity index (χ2v) is 15.1. The minimum Gasteiger partial charge on any atom is -0.481 e. The van der Waals surface area contributed by atoms with Crippen molar-refractivity contribution in [1.29, 1.82) is 0 Å². The molecule has 0 saturated carbocycles. The maximum Gasteiger partial charge on any atom is 0.303 e. The molecule has 2 aliphatic rings. The third kappa shape index (κ3) is 11.6. The van der Waals surface area contributed by atoms with E-state index in [-0.39, 0.29) is 76.5 Å². The predicted octanol–water partition coefficient (Wildman–Crippen LogP) is 5.83. The minimum atomic E-state index is -1.06. The molecule has 0 atom stereocenters. The van der Waals surface area contributed by atoms with Crippen LogP contribution >= 0.6 is 0 Å². The summed E-state index contributed by atoms with van der Waals surface area (Å²) in [5.41, 5.74) is 13.3. The normalized spacial score (nSPS) is 12.2. The Balaban J connectivity index is 1.50. The molecule has 0 aromatic carbocycles. The lowest BCUT2D eigenvalue weighted by Gasteiger charge is -2.09. The molecule has 0 saturated heterocycles. The first kappa shape index (κ1) is 46.0. The van der Waals surface area contributed by atoms with Crippen molar-refractivity contribution in [2.24, 2.45) is 0 Å². The number of hydrogen-bond acceptors (Lipinski definition) is 8. The van der Waals surface area contributed by atoms with E-state index in [0.29, 0.717) is 35.6 Å². The molecule has 0 aliphatic carbocycles. The van der Waals surface area contributed by atoms with Gasteiger partial charge in [0.15, 0.2) is 0 Å². The summed E-state index contributed by atoms with van der Waals surface area (Å²) in [5.74, 6) is -3.41. The van der Waals surface area contributed by atoms with Gasteiger partial charge >= 0.3 is 11.9 Å². The summed E-state index contributed by atoms with van der Waals surface area (Å²) < 4.78 is 0. The Kier molecular flexibility index (Phi) is 15.5. The molecule has 62 heavy (non-hydrogen) atoms. The largest absolute Gasteiger partial charge is 0.481 e. The Bertz CT molecular complexity index is 2560. The number of carboxylic acid groups (broad SMARTS) is 2. The number of aromatic amines is 2. The first-order chi connectivity index (χ1) is 29.6. The third-order valence-electron chi connectivity index (χ3n) is 10.9. The number of carbonyl (C=O) groups is 6. The highest BCUT2D eigenvalue weighted by Gasteiger charge is 2.23. The lowest BCUT2D eigenvalue weighted by molar-refractivity contribution is -0.139. The van der Waals surface area contributed by atoms with Crippen molar-refractivity contribution in [3.05, 3.63) is 82.5 Å². The maximum atomic E-state index is 13.1. The number of aryl methyl sites for hydroxylation is 2. The van der Waals surface area contributed by atoms with Crippen LogP contribution in [0, 0.1) is 13.8 Å². The molecule has 0 radical (unpaired) electrons. The van der Waals surface area contributed by atoms with Crippen molar-refractivity contribution in [3.63, 3.8) is 0 Å². The highest BCUT2D eigenvalue weighted by Crippen LogP contribution is 2.38. The van der Waals surface area contributed by atoms with E-state index in [9.17, 15) is 28.8 Å². The van der Waals surface area contributed by atoms with Gasteiger partial charge in [-0.05, 0) is 98.2 Å². The average Bonchev–Trinajstić information content (AvgIpc) is 3.89. The summed E-state index contributed by atoms with van der Waals surface area (Å²) in [7, 11) is 0. The molecule has 5 rings (SSSR count). The average molecular weight is 847 g/mol. The van der Waals surface area contributed by atoms with Crippen LogP contribution in [0.1, 0.15) is 110 Å². The van der Waals surface area contributed by atoms with E-state index in [0.717, 1.165) is 66.6 Å². The van der Waals surface area contributed by atoms with Crippen LogP contribution in [0.2, 0.25) is 0 Å². The number of fused-ring (bicyclic) bond motifs is 8. The fourth-order valence-electron chi connectivity index (χ4n) is 7.38. The van der Waals surface area contributed by atoms with Gasteiger partial charge in [0.2, 0.25) is 23.6 Å². The second kappa shape index (κ2) is 20.9. The van der Waals surface area contributed by atoms with Gasteiger partial charge in [-0.3, -0.25) is 28.8 Å². The molecule has 0 fully saturated rings. The van der Waals surface area contributed by atoms with Crippen LogP contribution in [0.4, 0.5) is 0 Å². The van der Waals surface area contributed by atoms with Gasteiger partial charge in [0, 0.05) is 85.1 Å². The molecule has 2 aliphatic heterocycles. The zero-order valence-corrected chi connectivity index (χ0v) is 35.6. The smallest absolute Gasteiger partial charge is 0.303 e. The van der Waals surface area contributed by atoms with Crippen LogP contribution in [0.15, 0.2) is 37.4 Å². The van der Waals surface area contributed by atoms with E-state index in [1.165, 1.54) is 0 Å². The van der Waals surface area contributed by atoms with Crippen molar-refractivity contribution in [1.82, 2.24) is 41.2 Å². The Morgan fingerprint density at radius 2 is 0.871 bits per heavy atom. The van der Waals surface area contributed by atoms with Crippen molar-refractivity contribution in [2.75, 3.05) is 26.2 Å². The molecule has 3 aromatic heterocycles. The van der Waals surface area contributed by atoms with E-state index in [1.807, 2.05) is 58.0 Å². The fourth-order valence-corrected chi connectivity index (χ4v) is 7.38. The predicted molar refractivity (Wildman–Crippen MR) is 240 cm³/mol. The molecule has 326 valence electrons. The number of nitrogens with one attached hydrogen (secondary N) is 6. The fraction of sp³-hybridized carbons (Fsp3) is 0.348. The van der Waals surface area contributed by atoms with E-state index in [1.54, 1.807) is 6.08 Å². The molecule has 0 spiro atoms. The molecule has 0 unspecified atom stereocenters. The van der Waals surface area contributed by atoms with Gasteiger partial charge in [-0.2, -0.15) is 0 Å². The molecular formula is C46H54N8O8. The molecule has 3 aromatic rings. The van der Waals surface area contributed by atoms with Crippen LogP contribution in [-0.2, 0) is 28.8 Å². The topological polar surface area (TPSA) is 248 Å². The highest BCUT2D eigenvalue weighted by atomic mass is 16.4. The van der Waals surface area contributed by atoms with Crippen molar-refractivity contribution >= 4 is 92.1 Å².